The van der Waals surface area contributed by atoms with Crippen molar-refractivity contribution in [2.75, 3.05) is 14.2 Å². The fourth-order valence-electron chi connectivity index (χ4n) is 3.32. The fraction of sp³-hybridized carbons (Fsp3) is 0.381. The Morgan fingerprint density at radius 2 is 1.93 bits per heavy atom. The number of aryl methyl sites for hydroxylation is 1. The summed E-state index contributed by atoms with van der Waals surface area (Å²) in [5, 5.41) is 5.48. The normalized spacial score (nSPS) is 15.8. The maximum Gasteiger partial charge on any atom is 0.325 e. The van der Waals surface area contributed by atoms with Gasteiger partial charge in [0.25, 0.3) is 5.91 Å². The van der Waals surface area contributed by atoms with Crippen molar-refractivity contribution in [3.63, 3.8) is 0 Å². The Morgan fingerprint density at radius 1 is 1.17 bits per heavy atom. The summed E-state index contributed by atoms with van der Waals surface area (Å²) in [6.45, 7) is 0.528. The zero-order valence-electron chi connectivity index (χ0n) is 17.3. The number of carbonyl (C=O) groups excluding carboxylic acids is 3. The number of aromatic nitrogens is 1. The first-order valence-corrected chi connectivity index (χ1v) is 9.62. The lowest BCUT2D eigenvalue weighted by Gasteiger charge is -2.15. The third kappa shape index (κ3) is 4.73. The second-order valence-corrected chi connectivity index (χ2v) is 7.04. The average molecular weight is 414 g/mol. The van der Waals surface area contributed by atoms with E-state index in [9.17, 15) is 14.4 Å². The van der Waals surface area contributed by atoms with E-state index >= 15 is 0 Å². The number of methoxy groups -OCH3 is 2. The Hall–Kier alpha value is -3.49. The summed E-state index contributed by atoms with van der Waals surface area (Å²) in [6, 6.07) is 7.87. The lowest BCUT2D eigenvalue weighted by atomic mass is 10.1. The molecule has 1 aliphatic rings. The SMILES string of the molecule is COc1ccc(CN2C(=O)N[C@H](CCC(=O)NCc3cccn3C)C2=O)cc1OC. The monoisotopic (exact) mass is 414 g/mol. The van der Waals surface area contributed by atoms with Crippen molar-refractivity contribution in [1.29, 1.82) is 0 Å². The van der Waals surface area contributed by atoms with Gasteiger partial charge >= 0.3 is 6.03 Å². The van der Waals surface area contributed by atoms with E-state index < -0.39 is 12.1 Å². The minimum absolute atomic E-state index is 0.112. The van der Waals surface area contributed by atoms with Crippen LogP contribution < -0.4 is 20.1 Å². The zero-order valence-corrected chi connectivity index (χ0v) is 17.3. The van der Waals surface area contributed by atoms with Crippen LogP contribution in [0.3, 0.4) is 0 Å². The zero-order chi connectivity index (χ0) is 21.7. The van der Waals surface area contributed by atoms with Crippen LogP contribution in [0.15, 0.2) is 36.5 Å². The first kappa shape index (κ1) is 21.2. The molecule has 1 fully saturated rings. The molecule has 1 atom stereocenters. The summed E-state index contributed by atoms with van der Waals surface area (Å²) in [6.07, 6.45) is 2.29. The summed E-state index contributed by atoms with van der Waals surface area (Å²) in [4.78, 5) is 38.2. The lowest BCUT2D eigenvalue weighted by Crippen LogP contribution is -2.32. The molecule has 9 heteroatoms. The third-order valence-electron chi connectivity index (χ3n) is 5.07. The number of urea groups is 1. The number of benzene rings is 1. The van der Waals surface area contributed by atoms with Crippen LogP contribution in [0.1, 0.15) is 24.1 Å². The molecule has 2 heterocycles. The van der Waals surface area contributed by atoms with Crippen LogP contribution in [0.4, 0.5) is 4.79 Å². The molecule has 1 saturated heterocycles. The number of nitrogens with zero attached hydrogens (tertiary/aromatic N) is 2. The quantitative estimate of drug-likeness (QED) is 0.607. The van der Waals surface area contributed by atoms with Crippen molar-refractivity contribution in [2.45, 2.75) is 32.0 Å². The van der Waals surface area contributed by atoms with Crippen LogP contribution in [0, 0.1) is 0 Å². The van der Waals surface area contributed by atoms with Gasteiger partial charge in [0.2, 0.25) is 5.91 Å². The van der Waals surface area contributed by atoms with Crippen molar-refractivity contribution in [1.82, 2.24) is 20.1 Å². The number of hydrogen-bond donors (Lipinski definition) is 2. The highest BCUT2D eigenvalue weighted by atomic mass is 16.5. The van der Waals surface area contributed by atoms with Gasteiger partial charge in [-0.1, -0.05) is 6.07 Å². The number of ether oxygens (including phenoxy) is 2. The van der Waals surface area contributed by atoms with Gasteiger partial charge in [0, 0.05) is 25.4 Å². The van der Waals surface area contributed by atoms with E-state index in [1.165, 1.54) is 14.2 Å². The molecule has 0 spiro atoms. The number of nitrogens with one attached hydrogen (secondary N) is 2. The Labute approximate surface area is 174 Å². The molecule has 3 rings (SSSR count). The molecule has 0 unspecified atom stereocenters. The van der Waals surface area contributed by atoms with Gasteiger partial charge in [-0.3, -0.25) is 14.5 Å². The second-order valence-electron chi connectivity index (χ2n) is 7.04. The van der Waals surface area contributed by atoms with E-state index in [1.807, 2.05) is 29.9 Å². The summed E-state index contributed by atoms with van der Waals surface area (Å²) in [7, 11) is 4.96. The van der Waals surface area contributed by atoms with E-state index in [1.54, 1.807) is 18.2 Å². The summed E-state index contributed by atoms with van der Waals surface area (Å²) in [5.41, 5.74) is 1.71. The Morgan fingerprint density at radius 3 is 2.60 bits per heavy atom. The predicted octanol–water partition coefficient (Wildman–Crippen LogP) is 1.56. The van der Waals surface area contributed by atoms with Gasteiger partial charge in [-0.25, -0.2) is 4.79 Å². The van der Waals surface area contributed by atoms with E-state index in [4.69, 9.17) is 9.47 Å². The molecule has 30 heavy (non-hydrogen) atoms. The van der Waals surface area contributed by atoms with Gasteiger partial charge in [-0.2, -0.15) is 0 Å². The maximum absolute atomic E-state index is 12.7. The largest absolute Gasteiger partial charge is 0.493 e. The molecule has 1 aromatic carbocycles. The van der Waals surface area contributed by atoms with Crippen LogP contribution in [0.2, 0.25) is 0 Å². The minimum atomic E-state index is -0.710. The Kier molecular flexibility index (Phi) is 6.61. The van der Waals surface area contributed by atoms with E-state index in [0.717, 1.165) is 16.2 Å². The molecular formula is C21H26N4O5. The van der Waals surface area contributed by atoms with Crippen LogP contribution in [0.5, 0.6) is 11.5 Å². The smallest absolute Gasteiger partial charge is 0.325 e. The van der Waals surface area contributed by atoms with Crippen LogP contribution in [0.25, 0.3) is 0 Å². The van der Waals surface area contributed by atoms with Crippen molar-refractivity contribution >= 4 is 17.8 Å². The van der Waals surface area contributed by atoms with E-state index in [2.05, 4.69) is 10.6 Å². The molecule has 0 saturated carbocycles. The fourth-order valence-corrected chi connectivity index (χ4v) is 3.32. The molecule has 0 aliphatic carbocycles. The van der Waals surface area contributed by atoms with Gasteiger partial charge in [-0.05, 0) is 36.2 Å². The van der Waals surface area contributed by atoms with Crippen molar-refractivity contribution in [3.8, 4) is 11.5 Å². The van der Waals surface area contributed by atoms with Crippen molar-refractivity contribution < 1.29 is 23.9 Å². The highest BCUT2D eigenvalue weighted by Gasteiger charge is 2.37. The van der Waals surface area contributed by atoms with Gasteiger partial charge in [0.15, 0.2) is 11.5 Å². The molecule has 0 radical (unpaired) electrons. The number of amides is 4. The van der Waals surface area contributed by atoms with Crippen LogP contribution >= 0.6 is 0 Å². The molecule has 9 nitrogen and oxygen atoms in total. The van der Waals surface area contributed by atoms with Gasteiger partial charge in [0.05, 0.1) is 27.3 Å². The molecule has 1 aliphatic heterocycles. The van der Waals surface area contributed by atoms with Gasteiger partial charge < -0.3 is 24.7 Å². The van der Waals surface area contributed by atoms with Gasteiger partial charge in [0.1, 0.15) is 6.04 Å². The molecule has 1 aromatic heterocycles. The number of carbonyl (C=O) groups is 3. The van der Waals surface area contributed by atoms with Crippen molar-refractivity contribution in [2.24, 2.45) is 7.05 Å². The van der Waals surface area contributed by atoms with Crippen LogP contribution in [-0.2, 0) is 29.7 Å². The highest BCUT2D eigenvalue weighted by Crippen LogP contribution is 2.28. The Balaban J connectivity index is 1.53. The molecule has 160 valence electrons. The molecular weight excluding hydrogens is 388 g/mol. The second kappa shape index (κ2) is 9.34. The average Bonchev–Trinajstić information content (AvgIpc) is 3.27. The van der Waals surface area contributed by atoms with E-state index in [0.29, 0.717) is 18.0 Å². The highest BCUT2D eigenvalue weighted by molar-refractivity contribution is 6.04. The van der Waals surface area contributed by atoms with Crippen molar-refractivity contribution in [3.05, 3.63) is 47.8 Å². The number of hydrogen-bond acceptors (Lipinski definition) is 5. The standard InChI is InChI=1S/C21H26N4O5/c1-24-10-4-5-15(24)12-22-19(26)9-7-16-20(27)25(21(28)23-16)13-14-6-8-17(29-2)18(11-14)30-3/h4-6,8,10-11,16H,7,9,12-13H2,1-3H3,(H,22,26)(H,23,28)/t16-/m1/s1. The minimum Gasteiger partial charge on any atom is -0.493 e. The molecule has 2 aromatic rings. The topological polar surface area (TPSA) is 102 Å². The number of imide groups is 1. The maximum atomic E-state index is 12.7. The predicted molar refractivity (Wildman–Crippen MR) is 109 cm³/mol. The summed E-state index contributed by atoms with van der Waals surface area (Å²) in [5.74, 6) is 0.577. The van der Waals surface area contributed by atoms with E-state index in [-0.39, 0.29) is 31.2 Å². The van der Waals surface area contributed by atoms with Crippen LogP contribution in [-0.4, -0.2) is 47.6 Å². The first-order chi connectivity index (χ1) is 14.4. The first-order valence-electron chi connectivity index (χ1n) is 9.62. The Bertz CT molecular complexity index is 939. The third-order valence-corrected chi connectivity index (χ3v) is 5.07. The molecule has 4 amide bonds. The van der Waals surface area contributed by atoms with Gasteiger partial charge in [-0.15, -0.1) is 0 Å². The summed E-state index contributed by atoms with van der Waals surface area (Å²) >= 11 is 0. The lowest BCUT2D eigenvalue weighted by molar-refractivity contribution is -0.128. The summed E-state index contributed by atoms with van der Waals surface area (Å²) < 4.78 is 12.4. The molecule has 0 bridgehead atoms. The number of rotatable bonds is 9. The molecule has 2 N–H and O–H groups in total.